The average Bonchev–Trinajstić information content (AvgIpc) is 3.23. The van der Waals surface area contributed by atoms with Gasteiger partial charge in [-0.2, -0.15) is 0 Å². The highest BCUT2D eigenvalue weighted by molar-refractivity contribution is 7.99. The van der Waals surface area contributed by atoms with Gasteiger partial charge in [-0.3, -0.25) is 4.79 Å². The summed E-state index contributed by atoms with van der Waals surface area (Å²) in [6.07, 6.45) is 0. The summed E-state index contributed by atoms with van der Waals surface area (Å²) < 4.78 is 1.92. The van der Waals surface area contributed by atoms with Crippen LogP contribution in [0.1, 0.15) is 25.3 Å². The summed E-state index contributed by atoms with van der Waals surface area (Å²) in [5.74, 6) is 1.43. The van der Waals surface area contributed by atoms with Crippen LogP contribution >= 0.6 is 23.1 Å². The Morgan fingerprint density at radius 1 is 1.24 bits per heavy atom. The van der Waals surface area contributed by atoms with Gasteiger partial charge in [0.15, 0.2) is 11.0 Å². The molecule has 0 radical (unpaired) electrons. The molecule has 0 aliphatic heterocycles. The largest absolute Gasteiger partial charge is 0.325 e. The maximum atomic E-state index is 12.3. The second kappa shape index (κ2) is 7.84. The Hall–Kier alpha value is -2.12. The Kier molecular flexibility index (Phi) is 5.55. The summed E-state index contributed by atoms with van der Waals surface area (Å²) in [6.45, 7) is 4.23. The van der Waals surface area contributed by atoms with Crippen molar-refractivity contribution in [1.29, 1.82) is 0 Å². The van der Waals surface area contributed by atoms with E-state index in [1.165, 1.54) is 11.8 Å². The van der Waals surface area contributed by atoms with E-state index in [2.05, 4.69) is 29.4 Å². The maximum Gasteiger partial charge on any atom is 0.234 e. The monoisotopic (exact) mass is 372 g/mol. The van der Waals surface area contributed by atoms with Crippen LogP contribution in [0.25, 0.3) is 10.7 Å². The molecule has 0 spiro atoms. The van der Waals surface area contributed by atoms with E-state index in [1.807, 2.05) is 53.4 Å². The fourth-order valence-corrected chi connectivity index (χ4v) is 3.95. The highest BCUT2D eigenvalue weighted by atomic mass is 32.2. The highest BCUT2D eigenvalue weighted by Crippen LogP contribution is 2.27. The van der Waals surface area contributed by atoms with Crippen LogP contribution in [-0.4, -0.2) is 26.4 Å². The van der Waals surface area contributed by atoms with Gasteiger partial charge < -0.3 is 9.88 Å². The molecule has 0 saturated carbocycles. The number of carbonyl (C=O) groups excluding carboxylic acids is 1. The quantitative estimate of drug-likeness (QED) is 0.652. The molecule has 7 heteroatoms. The zero-order valence-electron chi connectivity index (χ0n) is 14.4. The van der Waals surface area contributed by atoms with Gasteiger partial charge in [0, 0.05) is 12.7 Å². The van der Waals surface area contributed by atoms with Crippen molar-refractivity contribution in [2.45, 2.75) is 24.9 Å². The van der Waals surface area contributed by atoms with Crippen LogP contribution in [0.5, 0.6) is 0 Å². The van der Waals surface area contributed by atoms with Crippen LogP contribution in [0.3, 0.4) is 0 Å². The summed E-state index contributed by atoms with van der Waals surface area (Å²) in [5.41, 5.74) is 2.01. The Balaban J connectivity index is 1.64. The number of para-hydroxylation sites is 1. The van der Waals surface area contributed by atoms with Crippen LogP contribution in [-0.2, 0) is 11.8 Å². The fraction of sp³-hybridized carbons (Fsp3) is 0.278. The number of aromatic nitrogens is 3. The summed E-state index contributed by atoms with van der Waals surface area (Å²) in [7, 11) is 1.92. The summed E-state index contributed by atoms with van der Waals surface area (Å²) in [4.78, 5) is 13.4. The second-order valence-electron chi connectivity index (χ2n) is 5.92. The van der Waals surface area contributed by atoms with Gasteiger partial charge in [0.1, 0.15) is 0 Å². The standard InChI is InChI=1S/C18H20N4OS2/c1-12(2)13-7-4-5-8-14(13)19-16(23)11-25-18-21-20-17(22(18)3)15-9-6-10-24-15/h4-10,12H,11H2,1-3H3,(H,19,23). The van der Waals surface area contributed by atoms with Gasteiger partial charge in [-0.1, -0.05) is 49.9 Å². The third kappa shape index (κ3) is 4.11. The molecule has 0 aliphatic carbocycles. The van der Waals surface area contributed by atoms with Crippen LogP contribution in [0.2, 0.25) is 0 Å². The van der Waals surface area contributed by atoms with Crippen LogP contribution in [0.4, 0.5) is 5.69 Å². The number of amides is 1. The zero-order chi connectivity index (χ0) is 17.8. The molecule has 3 aromatic rings. The van der Waals surface area contributed by atoms with Crippen molar-refractivity contribution < 1.29 is 4.79 Å². The topological polar surface area (TPSA) is 59.8 Å². The normalized spacial score (nSPS) is 11.0. The predicted octanol–water partition coefficient (Wildman–Crippen LogP) is 4.40. The van der Waals surface area contributed by atoms with Crippen molar-refractivity contribution >= 4 is 34.7 Å². The molecule has 1 aromatic carbocycles. The summed E-state index contributed by atoms with van der Waals surface area (Å²) >= 11 is 3.01. The number of nitrogens with one attached hydrogen (secondary N) is 1. The van der Waals surface area contributed by atoms with Crippen molar-refractivity contribution in [2.75, 3.05) is 11.1 Å². The Labute approximate surface area is 155 Å². The minimum Gasteiger partial charge on any atom is -0.325 e. The van der Waals surface area contributed by atoms with Crippen molar-refractivity contribution in [1.82, 2.24) is 14.8 Å². The first-order valence-corrected chi connectivity index (χ1v) is 9.87. The fourth-order valence-electron chi connectivity index (χ4n) is 2.49. The van der Waals surface area contributed by atoms with Gasteiger partial charge in [-0.05, 0) is 29.0 Å². The number of rotatable bonds is 6. The van der Waals surface area contributed by atoms with E-state index < -0.39 is 0 Å². The van der Waals surface area contributed by atoms with Gasteiger partial charge in [-0.15, -0.1) is 21.5 Å². The van der Waals surface area contributed by atoms with Crippen LogP contribution in [0.15, 0.2) is 46.9 Å². The smallest absolute Gasteiger partial charge is 0.234 e. The van der Waals surface area contributed by atoms with Gasteiger partial charge in [-0.25, -0.2) is 0 Å². The third-order valence-electron chi connectivity index (χ3n) is 3.77. The number of benzene rings is 1. The van der Waals surface area contributed by atoms with E-state index in [9.17, 15) is 4.79 Å². The molecule has 0 saturated heterocycles. The van der Waals surface area contributed by atoms with Crippen molar-refractivity contribution in [3.8, 4) is 10.7 Å². The average molecular weight is 373 g/mol. The Morgan fingerprint density at radius 3 is 2.76 bits per heavy atom. The van der Waals surface area contributed by atoms with Gasteiger partial charge >= 0.3 is 0 Å². The van der Waals surface area contributed by atoms with Gasteiger partial charge in [0.05, 0.1) is 10.6 Å². The molecule has 1 N–H and O–H groups in total. The van der Waals surface area contributed by atoms with E-state index in [4.69, 9.17) is 0 Å². The molecule has 130 valence electrons. The van der Waals surface area contributed by atoms with Gasteiger partial charge in [0.2, 0.25) is 5.91 Å². The Bertz CT molecular complexity index is 856. The first-order chi connectivity index (χ1) is 12.1. The number of anilines is 1. The number of thioether (sulfide) groups is 1. The molecular weight excluding hydrogens is 352 g/mol. The molecule has 0 atom stereocenters. The maximum absolute atomic E-state index is 12.3. The van der Waals surface area contributed by atoms with Crippen molar-refractivity contribution in [2.24, 2.45) is 7.05 Å². The van der Waals surface area contributed by atoms with E-state index in [-0.39, 0.29) is 5.91 Å². The Morgan fingerprint density at radius 2 is 2.04 bits per heavy atom. The lowest BCUT2D eigenvalue weighted by atomic mass is 10.0. The molecule has 0 fully saturated rings. The molecule has 0 bridgehead atoms. The second-order valence-corrected chi connectivity index (χ2v) is 7.81. The molecule has 2 aromatic heterocycles. The lowest BCUT2D eigenvalue weighted by molar-refractivity contribution is -0.113. The molecule has 25 heavy (non-hydrogen) atoms. The minimum absolute atomic E-state index is 0.0428. The van der Waals surface area contributed by atoms with E-state index >= 15 is 0 Å². The first-order valence-electron chi connectivity index (χ1n) is 8.01. The number of carbonyl (C=O) groups is 1. The zero-order valence-corrected chi connectivity index (χ0v) is 16.0. The predicted molar refractivity (Wildman–Crippen MR) is 104 cm³/mol. The number of thiophene rings is 1. The molecule has 0 unspecified atom stereocenters. The minimum atomic E-state index is -0.0428. The van der Waals surface area contributed by atoms with Crippen LogP contribution < -0.4 is 5.32 Å². The summed E-state index contributed by atoms with van der Waals surface area (Å²) in [5, 5.41) is 14.2. The molecule has 3 rings (SSSR count). The van der Waals surface area contributed by atoms with E-state index in [0.29, 0.717) is 11.7 Å². The highest BCUT2D eigenvalue weighted by Gasteiger charge is 2.14. The van der Waals surface area contributed by atoms with E-state index in [0.717, 1.165) is 27.1 Å². The first kappa shape index (κ1) is 17.7. The molecule has 1 amide bonds. The lowest BCUT2D eigenvalue weighted by Gasteiger charge is -2.13. The molecular formula is C18H20N4OS2. The molecule has 2 heterocycles. The number of nitrogens with zero attached hydrogens (tertiary/aromatic N) is 3. The third-order valence-corrected chi connectivity index (χ3v) is 5.65. The van der Waals surface area contributed by atoms with E-state index in [1.54, 1.807) is 11.3 Å². The SMILES string of the molecule is CC(C)c1ccccc1NC(=O)CSc1nnc(-c2cccs2)n1C. The van der Waals surface area contributed by atoms with Gasteiger partial charge in [0.25, 0.3) is 0 Å². The van der Waals surface area contributed by atoms with Crippen molar-refractivity contribution in [3.63, 3.8) is 0 Å². The van der Waals surface area contributed by atoms with Crippen LogP contribution in [0, 0.1) is 0 Å². The molecule has 0 aliphatic rings. The lowest BCUT2D eigenvalue weighted by Crippen LogP contribution is -2.16. The number of hydrogen-bond donors (Lipinski definition) is 1. The number of hydrogen-bond acceptors (Lipinski definition) is 5. The van der Waals surface area contributed by atoms with Crippen molar-refractivity contribution in [3.05, 3.63) is 47.3 Å². The molecule has 5 nitrogen and oxygen atoms in total. The summed E-state index contributed by atoms with van der Waals surface area (Å²) in [6, 6.07) is 11.9.